The van der Waals surface area contributed by atoms with Crippen molar-refractivity contribution in [2.24, 2.45) is 0 Å². The number of ether oxygens (including phenoxy) is 1. The molecule has 74 valence electrons. The Hall–Kier alpha value is -1.64. The molecule has 0 N–H and O–H groups in total. The first-order chi connectivity index (χ1) is 6.77. The summed E-state index contributed by atoms with van der Waals surface area (Å²) in [6, 6.07) is 3.72. The van der Waals surface area contributed by atoms with Crippen molar-refractivity contribution in [1.29, 1.82) is 0 Å². The molecule has 0 unspecified atom stereocenters. The molecule has 0 saturated carbocycles. The zero-order valence-electron chi connectivity index (χ0n) is 8.36. The molecule has 0 radical (unpaired) electrons. The molecular weight excluding hydrogens is 178 g/mol. The molecule has 0 aliphatic carbocycles. The topological polar surface area (TPSA) is 39.2 Å². The Morgan fingerprint density at radius 3 is 2.86 bits per heavy atom. The highest BCUT2D eigenvalue weighted by molar-refractivity contribution is 5.58. The molecular formula is C11H13NO2. The minimum atomic E-state index is 0.436. The lowest BCUT2D eigenvalue weighted by atomic mass is 10.2. The number of nitrogens with zero attached hydrogens (tertiary/aromatic N) is 1. The molecule has 0 spiro atoms. The van der Waals surface area contributed by atoms with Gasteiger partial charge in [0.1, 0.15) is 6.29 Å². The van der Waals surface area contributed by atoms with Crippen molar-refractivity contribution in [2.45, 2.75) is 13.3 Å². The number of carbonyl (C=O) groups is 1. The molecule has 1 aromatic rings. The predicted molar refractivity (Wildman–Crippen MR) is 55.2 cm³/mol. The summed E-state index contributed by atoms with van der Waals surface area (Å²) < 4.78 is 4.98. The molecule has 1 rings (SSSR count). The maximum atomic E-state index is 10.1. The first-order valence-corrected chi connectivity index (χ1v) is 4.39. The van der Waals surface area contributed by atoms with E-state index in [0.29, 0.717) is 12.3 Å². The molecule has 1 aromatic heterocycles. The van der Waals surface area contributed by atoms with E-state index in [2.05, 4.69) is 4.98 Å². The summed E-state index contributed by atoms with van der Waals surface area (Å²) in [7, 11) is 1.59. The van der Waals surface area contributed by atoms with E-state index < -0.39 is 0 Å². The van der Waals surface area contributed by atoms with Gasteiger partial charge in [-0.3, -0.25) is 0 Å². The maximum Gasteiger partial charge on any atom is 0.213 e. The summed E-state index contributed by atoms with van der Waals surface area (Å²) >= 11 is 0. The molecule has 0 atom stereocenters. The number of allylic oxidation sites excluding steroid dienone is 1. The van der Waals surface area contributed by atoms with E-state index in [0.717, 1.165) is 17.5 Å². The quantitative estimate of drug-likeness (QED) is 0.683. The summed E-state index contributed by atoms with van der Waals surface area (Å²) in [6.07, 6.45) is 4.99. The van der Waals surface area contributed by atoms with Gasteiger partial charge in [0.2, 0.25) is 5.88 Å². The Bertz CT molecular complexity index is 345. The summed E-state index contributed by atoms with van der Waals surface area (Å²) in [5, 5.41) is 0. The van der Waals surface area contributed by atoms with Crippen molar-refractivity contribution < 1.29 is 9.53 Å². The van der Waals surface area contributed by atoms with Crippen LogP contribution in [-0.2, 0) is 4.79 Å². The minimum absolute atomic E-state index is 0.436. The van der Waals surface area contributed by atoms with Gasteiger partial charge in [0.05, 0.1) is 7.11 Å². The number of aromatic nitrogens is 1. The van der Waals surface area contributed by atoms with Gasteiger partial charge in [0.15, 0.2) is 0 Å². The third kappa shape index (κ3) is 2.69. The molecule has 0 amide bonds. The molecule has 0 fully saturated rings. The summed E-state index contributed by atoms with van der Waals surface area (Å²) in [4.78, 5) is 14.3. The Labute approximate surface area is 83.4 Å². The predicted octanol–water partition coefficient (Wildman–Crippen LogP) is 2.00. The summed E-state index contributed by atoms with van der Waals surface area (Å²) in [6.45, 7) is 1.91. The van der Waals surface area contributed by atoms with Crippen LogP contribution in [0.4, 0.5) is 0 Å². The number of aryl methyl sites for hydroxylation is 1. The van der Waals surface area contributed by atoms with Crippen LogP contribution in [0.5, 0.6) is 5.88 Å². The van der Waals surface area contributed by atoms with Gasteiger partial charge in [-0.2, -0.15) is 0 Å². The highest BCUT2D eigenvalue weighted by atomic mass is 16.5. The largest absolute Gasteiger partial charge is 0.481 e. The normalized spacial score (nSPS) is 10.4. The molecule has 0 aliphatic rings. The van der Waals surface area contributed by atoms with E-state index in [1.54, 1.807) is 13.2 Å². The number of pyridine rings is 1. The van der Waals surface area contributed by atoms with Crippen molar-refractivity contribution in [2.75, 3.05) is 7.11 Å². The molecule has 0 aliphatic heterocycles. The van der Waals surface area contributed by atoms with E-state index >= 15 is 0 Å². The van der Waals surface area contributed by atoms with E-state index in [1.807, 2.05) is 25.1 Å². The minimum Gasteiger partial charge on any atom is -0.481 e. The lowest BCUT2D eigenvalue weighted by Gasteiger charge is -2.02. The molecule has 14 heavy (non-hydrogen) atoms. The standard InChI is InChI=1S/C11H13NO2/c1-9-10(5-3-4-8-13)6-7-11(12-9)14-2/h3,5-8H,4H2,1-2H3. The number of hydrogen-bond acceptors (Lipinski definition) is 3. The average molecular weight is 191 g/mol. The SMILES string of the molecule is COc1ccc(C=CCC=O)c(C)n1. The fourth-order valence-electron chi connectivity index (χ4n) is 1.09. The summed E-state index contributed by atoms with van der Waals surface area (Å²) in [5.41, 5.74) is 1.90. The van der Waals surface area contributed by atoms with E-state index in [4.69, 9.17) is 4.74 Å². The Balaban J connectivity index is 2.83. The maximum absolute atomic E-state index is 10.1. The van der Waals surface area contributed by atoms with Gasteiger partial charge >= 0.3 is 0 Å². The average Bonchev–Trinajstić information content (AvgIpc) is 2.20. The van der Waals surface area contributed by atoms with Gasteiger partial charge in [-0.1, -0.05) is 12.2 Å². The Morgan fingerprint density at radius 2 is 2.29 bits per heavy atom. The van der Waals surface area contributed by atoms with Gasteiger partial charge in [-0.25, -0.2) is 4.98 Å². The fourth-order valence-corrected chi connectivity index (χ4v) is 1.09. The van der Waals surface area contributed by atoms with E-state index in [-0.39, 0.29) is 0 Å². The van der Waals surface area contributed by atoms with Crippen molar-refractivity contribution in [3.8, 4) is 5.88 Å². The second-order valence-electron chi connectivity index (χ2n) is 2.83. The molecule has 0 aromatic carbocycles. The number of carbonyl (C=O) groups excluding carboxylic acids is 1. The van der Waals surface area contributed by atoms with Crippen LogP contribution in [0.15, 0.2) is 18.2 Å². The van der Waals surface area contributed by atoms with Crippen molar-refractivity contribution in [3.05, 3.63) is 29.5 Å². The van der Waals surface area contributed by atoms with Crippen LogP contribution >= 0.6 is 0 Å². The van der Waals surface area contributed by atoms with Gasteiger partial charge < -0.3 is 9.53 Å². The van der Waals surface area contributed by atoms with Crippen molar-refractivity contribution in [1.82, 2.24) is 4.98 Å². The number of methoxy groups -OCH3 is 1. The van der Waals surface area contributed by atoms with Crippen LogP contribution in [0.1, 0.15) is 17.7 Å². The smallest absolute Gasteiger partial charge is 0.213 e. The zero-order valence-corrected chi connectivity index (χ0v) is 8.36. The first kappa shape index (κ1) is 10.4. The summed E-state index contributed by atoms with van der Waals surface area (Å²) in [5.74, 6) is 0.607. The number of aldehydes is 1. The lowest BCUT2D eigenvalue weighted by Crippen LogP contribution is -1.91. The molecule has 1 heterocycles. The first-order valence-electron chi connectivity index (χ1n) is 4.39. The van der Waals surface area contributed by atoms with Crippen molar-refractivity contribution >= 4 is 12.4 Å². The molecule has 3 heteroatoms. The monoisotopic (exact) mass is 191 g/mol. The molecule has 0 saturated heterocycles. The van der Waals surface area contributed by atoms with Gasteiger partial charge in [0, 0.05) is 18.2 Å². The lowest BCUT2D eigenvalue weighted by molar-refractivity contribution is -0.107. The van der Waals surface area contributed by atoms with Crippen LogP contribution < -0.4 is 4.74 Å². The van der Waals surface area contributed by atoms with Crippen molar-refractivity contribution in [3.63, 3.8) is 0 Å². The molecule has 3 nitrogen and oxygen atoms in total. The highest BCUT2D eigenvalue weighted by Gasteiger charge is 1.97. The second-order valence-corrected chi connectivity index (χ2v) is 2.83. The van der Waals surface area contributed by atoms with E-state index in [9.17, 15) is 4.79 Å². The second kappa shape index (κ2) is 5.17. The van der Waals surface area contributed by atoms with Gasteiger partial charge in [-0.05, 0) is 18.6 Å². The van der Waals surface area contributed by atoms with Crippen LogP contribution in [-0.4, -0.2) is 18.4 Å². The number of hydrogen-bond donors (Lipinski definition) is 0. The van der Waals surface area contributed by atoms with Crippen LogP contribution in [0.3, 0.4) is 0 Å². The Kier molecular flexibility index (Phi) is 3.85. The van der Waals surface area contributed by atoms with Gasteiger partial charge in [-0.15, -0.1) is 0 Å². The van der Waals surface area contributed by atoms with Crippen LogP contribution in [0, 0.1) is 6.92 Å². The molecule has 0 bridgehead atoms. The Morgan fingerprint density at radius 1 is 1.50 bits per heavy atom. The third-order valence-corrected chi connectivity index (χ3v) is 1.84. The zero-order chi connectivity index (χ0) is 10.4. The third-order valence-electron chi connectivity index (χ3n) is 1.84. The highest BCUT2D eigenvalue weighted by Crippen LogP contribution is 2.13. The fraction of sp³-hybridized carbons (Fsp3) is 0.273. The number of rotatable bonds is 4. The van der Waals surface area contributed by atoms with Crippen LogP contribution in [0.25, 0.3) is 6.08 Å². The van der Waals surface area contributed by atoms with Gasteiger partial charge in [0.25, 0.3) is 0 Å². The van der Waals surface area contributed by atoms with E-state index in [1.165, 1.54) is 0 Å². The van der Waals surface area contributed by atoms with Crippen LogP contribution in [0.2, 0.25) is 0 Å².